The average Bonchev–Trinajstić information content (AvgIpc) is 2.95. The molecule has 0 aromatic heterocycles. The lowest BCUT2D eigenvalue weighted by molar-refractivity contribution is 0.114. The number of phenolic OH excluding ortho intramolecular Hbond substituents is 1. The van der Waals surface area contributed by atoms with Gasteiger partial charge in [-0.3, -0.25) is 0 Å². The van der Waals surface area contributed by atoms with Crippen LogP contribution in [-0.4, -0.2) is 36.9 Å². The largest absolute Gasteiger partial charge is 0.508 e. The molecule has 0 aliphatic carbocycles. The molecule has 1 aromatic carbocycles. The number of phenols is 1. The molecule has 1 heterocycles. The fraction of sp³-hybridized carbons (Fsp3) is 0.533. The SMILES string of the molecule is CCNC(=NCc1cccc(O)c1)NCC1CCCO1. The molecule has 1 saturated heterocycles. The van der Waals surface area contributed by atoms with Crippen molar-refractivity contribution in [3.8, 4) is 5.75 Å². The van der Waals surface area contributed by atoms with Gasteiger partial charge in [0.1, 0.15) is 5.75 Å². The van der Waals surface area contributed by atoms with E-state index in [9.17, 15) is 5.11 Å². The molecule has 20 heavy (non-hydrogen) atoms. The number of hydrogen-bond acceptors (Lipinski definition) is 3. The third kappa shape index (κ3) is 4.74. The Labute approximate surface area is 120 Å². The molecule has 1 atom stereocenters. The molecule has 0 saturated carbocycles. The maximum absolute atomic E-state index is 9.43. The van der Waals surface area contributed by atoms with Crippen molar-refractivity contribution in [2.45, 2.75) is 32.4 Å². The number of benzene rings is 1. The van der Waals surface area contributed by atoms with Gasteiger partial charge in [-0.2, -0.15) is 0 Å². The molecule has 110 valence electrons. The van der Waals surface area contributed by atoms with Crippen molar-refractivity contribution in [3.05, 3.63) is 29.8 Å². The summed E-state index contributed by atoms with van der Waals surface area (Å²) in [5.74, 6) is 1.06. The van der Waals surface area contributed by atoms with Gasteiger partial charge in [-0.15, -0.1) is 0 Å². The minimum absolute atomic E-state index is 0.273. The van der Waals surface area contributed by atoms with E-state index in [-0.39, 0.29) is 5.75 Å². The first-order valence-corrected chi connectivity index (χ1v) is 7.19. The first-order chi connectivity index (χ1) is 9.78. The Hall–Kier alpha value is -1.75. The van der Waals surface area contributed by atoms with E-state index >= 15 is 0 Å². The van der Waals surface area contributed by atoms with Gasteiger partial charge in [0.25, 0.3) is 0 Å². The third-order valence-electron chi connectivity index (χ3n) is 3.20. The van der Waals surface area contributed by atoms with Crippen molar-refractivity contribution in [2.75, 3.05) is 19.7 Å². The van der Waals surface area contributed by atoms with Crippen LogP contribution in [0.25, 0.3) is 0 Å². The van der Waals surface area contributed by atoms with Crippen molar-refractivity contribution < 1.29 is 9.84 Å². The summed E-state index contributed by atoms with van der Waals surface area (Å²) in [7, 11) is 0. The van der Waals surface area contributed by atoms with Gasteiger partial charge in [-0.1, -0.05) is 12.1 Å². The van der Waals surface area contributed by atoms with Crippen LogP contribution in [0.1, 0.15) is 25.3 Å². The lowest BCUT2D eigenvalue weighted by atomic mass is 10.2. The van der Waals surface area contributed by atoms with Crippen molar-refractivity contribution in [3.63, 3.8) is 0 Å². The van der Waals surface area contributed by atoms with Crippen LogP contribution in [0.3, 0.4) is 0 Å². The number of nitrogens with one attached hydrogen (secondary N) is 2. The van der Waals surface area contributed by atoms with Crippen LogP contribution >= 0.6 is 0 Å². The number of aliphatic imine (C=N–C) groups is 1. The highest BCUT2D eigenvalue weighted by molar-refractivity contribution is 5.79. The molecule has 1 fully saturated rings. The van der Waals surface area contributed by atoms with Crippen LogP contribution in [0.15, 0.2) is 29.3 Å². The summed E-state index contributed by atoms with van der Waals surface area (Å²) in [6.45, 7) is 5.04. The molecule has 0 bridgehead atoms. The molecule has 2 rings (SSSR count). The average molecular weight is 277 g/mol. The van der Waals surface area contributed by atoms with Crippen molar-refractivity contribution >= 4 is 5.96 Å². The van der Waals surface area contributed by atoms with Crippen molar-refractivity contribution in [1.82, 2.24) is 10.6 Å². The standard InChI is InChI=1S/C15H23N3O2/c1-2-16-15(18-11-14-7-4-8-20-14)17-10-12-5-3-6-13(19)9-12/h3,5-6,9,14,19H,2,4,7-8,10-11H2,1H3,(H2,16,17,18). The maximum atomic E-state index is 9.43. The lowest BCUT2D eigenvalue weighted by Gasteiger charge is -2.14. The van der Waals surface area contributed by atoms with Gasteiger partial charge in [-0.25, -0.2) is 4.99 Å². The van der Waals surface area contributed by atoms with E-state index in [1.54, 1.807) is 12.1 Å². The molecule has 3 N–H and O–H groups in total. The van der Waals surface area contributed by atoms with Crippen LogP contribution in [-0.2, 0) is 11.3 Å². The molecular formula is C15H23N3O2. The second-order valence-electron chi connectivity index (χ2n) is 4.88. The first-order valence-electron chi connectivity index (χ1n) is 7.19. The highest BCUT2D eigenvalue weighted by atomic mass is 16.5. The van der Waals surface area contributed by atoms with Crippen molar-refractivity contribution in [2.24, 2.45) is 4.99 Å². The summed E-state index contributed by atoms with van der Waals surface area (Å²) in [5.41, 5.74) is 0.985. The Kier molecular flexibility index (Phi) is 5.68. The molecule has 0 spiro atoms. The second-order valence-corrected chi connectivity index (χ2v) is 4.88. The van der Waals surface area contributed by atoms with Crippen LogP contribution in [0.5, 0.6) is 5.75 Å². The quantitative estimate of drug-likeness (QED) is 0.565. The zero-order valence-corrected chi connectivity index (χ0v) is 11.9. The van der Waals surface area contributed by atoms with Gasteiger partial charge in [0.05, 0.1) is 12.6 Å². The summed E-state index contributed by atoms with van der Waals surface area (Å²) in [6, 6.07) is 7.17. The van der Waals surface area contributed by atoms with E-state index in [4.69, 9.17) is 4.74 Å². The number of nitrogens with zero attached hydrogens (tertiary/aromatic N) is 1. The Bertz CT molecular complexity index is 442. The Balaban J connectivity index is 1.87. The summed E-state index contributed by atoms with van der Waals surface area (Å²) < 4.78 is 5.58. The van der Waals surface area contributed by atoms with Gasteiger partial charge in [0.2, 0.25) is 0 Å². The van der Waals surface area contributed by atoms with Gasteiger partial charge in [0.15, 0.2) is 5.96 Å². The molecule has 0 amide bonds. The van der Waals surface area contributed by atoms with E-state index in [1.807, 2.05) is 19.1 Å². The molecule has 1 aliphatic heterocycles. The number of aromatic hydroxyl groups is 1. The van der Waals surface area contributed by atoms with E-state index in [1.165, 1.54) is 0 Å². The molecule has 1 unspecified atom stereocenters. The molecule has 5 nitrogen and oxygen atoms in total. The monoisotopic (exact) mass is 277 g/mol. The van der Waals surface area contributed by atoms with Gasteiger partial charge in [-0.05, 0) is 37.5 Å². The number of ether oxygens (including phenoxy) is 1. The van der Waals surface area contributed by atoms with Gasteiger partial charge < -0.3 is 20.5 Å². The highest BCUT2D eigenvalue weighted by Crippen LogP contribution is 2.12. The zero-order valence-electron chi connectivity index (χ0n) is 11.9. The fourth-order valence-corrected chi connectivity index (χ4v) is 2.18. The van der Waals surface area contributed by atoms with Crippen LogP contribution in [0, 0.1) is 0 Å². The number of hydrogen-bond donors (Lipinski definition) is 3. The normalized spacial score (nSPS) is 19.1. The van der Waals surface area contributed by atoms with Gasteiger partial charge >= 0.3 is 0 Å². The summed E-state index contributed by atoms with van der Waals surface area (Å²) in [4.78, 5) is 4.51. The summed E-state index contributed by atoms with van der Waals surface area (Å²) in [6.07, 6.45) is 2.54. The maximum Gasteiger partial charge on any atom is 0.191 e. The third-order valence-corrected chi connectivity index (χ3v) is 3.20. The van der Waals surface area contributed by atoms with E-state index < -0.39 is 0 Å². The van der Waals surface area contributed by atoms with Crippen LogP contribution in [0.2, 0.25) is 0 Å². The number of guanidine groups is 1. The smallest absolute Gasteiger partial charge is 0.191 e. The Morgan fingerprint density at radius 2 is 2.35 bits per heavy atom. The Morgan fingerprint density at radius 3 is 3.05 bits per heavy atom. The van der Waals surface area contributed by atoms with E-state index in [2.05, 4.69) is 15.6 Å². The zero-order chi connectivity index (χ0) is 14.2. The van der Waals surface area contributed by atoms with Crippen LogP contribution in [0.4, 0.5) is 0 Å². The Morgan fingerprint density at radius 1 is 1.45 bits per heavy atom. The predicted octanol–water partition coefficient (Wildman–Crippen LogP) is 1.63. The minimum atomic E-state index is 0.273. The van der Waals surface area contributed by atoms with Crippen molar-refractivity contribution in [1.29, 1.82) is 0 Å². The first kappa shape index (κ1) is 14.7. The summed E-state index contributed by atoms with van der Waals surface area (Å²) >= 11 is 0. The van der Waals surface area contributed by atoms with E-state index in [0.717, 1.165) is 44.1 Å². The molecule has 5 heteroatoms. The molecule has 0 radical (unpaired) electrons. The number of rotatable bonds is 5. The molecular weight excluding hydrogens is 254 g/mol. The highest BCUT2D eigenvalue weighted by Gasteiger charge is 2.15. The lowest BCUT2D eigenvalue weighted by Crippen LogP contribution is -2.41. The molecule has 1 aromatic rings. The topological polar surface area (TPSA) is 65.9 Å². The minimum Gasteiger partial charge on any atom is -0.508 e. The summed E-state index contributed by atoms with van der Waals surface area (Å²) in [5, 5.41) is 15.9. The van der Waals surface area contributed by atoms with E-state index in [0.29, 0.717) is 12.6 Å². The van der Waals surface area contributed by atoms with Gasteiger partial charge in [0, 0.05) is 19.7 Å². The predicted molar refractivity (Wildman–Crippen MR) is 79.9 cm³/mol. The second kappa shape index (κ2) is 7.75. The fourth-order valence-electron chi connectivity index (χ4n) is 2.18. The van der Waals surface area contributed by atoms with Crippen LogP contribution < -0.4 is 10.6 Å². The molecule has 1 aliphatic rings.